The van der Waals surface area contributed by atoms with Gasteiger partial charge in [0.2, 0.25) is 0 Å². The van der Waals surface area contributed by atoms with E-state index >= 15 is 0 Å². The van der Waals surface area contributed by atoms with Crippen molar-refractivity contribution in [3.63, 3.8) is 0 Å². The molecule has 0 atom stereocenters. The largest absolute Gasteiger partial charge is 0.265 e. The van der Waals surface area contributed by atoms with Crippen LogP contribution in [0.5, 0.6) is 0 Å². The van der Waals surface area contributed by atoms with Crippen molar-refractivity contribution in [2.75, 3.05) is 0 Å². The molecule has 0 aliphatic rings. The van der Waals surface area contributed by atoms with Crippen LogP contribution < -0.4 is 0 Å². The molecule has 3 nitrogen and oxygen atoms in total. The Kier molecular flexibility index (Phi) is 2.92. The molecule has 0 saturated carbocycles. The molecule has 17 heavy (non-hydrogen) atoms. The zero-order valence-corrected chi connectivity index (χ0v) is 9.74. The maximum atomic E-state index is 13.8. The predicted molar refractivity (Wildman–Crippen MR) is 61.9 cm³/mol. The van der Waals surface area contributed by atoms with Gasteiger partial charge in [-0.1, -0.05) is 12.1 Å². The predicted octanol–water partition coefficient (Wildman–Crippen LogP) is 2.56. The van der Waals surface area contributed by atoms with Crippen LogP contribution in [0.15, 0.2) is 24.3 Å². The molecule has 86 valence electrons. The summed E-state index contributed by atoms with van der Waals surface area (Å²) in [6.45, 7) is 4.17. The molecule has 2 rings (SSSR count). The molecule has 0 unspecified atom stereocenters. The summed E-state index contributed by atoms with van der Waals surface area (Å²) < 4.78 is 15.6. The molecule has 0 fully saturated rings. The fourth-order valence-electron chi connectivity index (χ4n) is 1.78. The van der Waals surface area contributed by atoms with Crippen molar-refractivity contribution in [2.45, 2.75) is 20.4 Å². The van der Waals surface area contributed by atoms with Gasteiger partial charge in [-0.25, -0.2) is 4.39 Å². The number of rotatable bonds is 2. The smallest absolute Gasteiger partial charge is 0.146 e. The van der Waals surface area contributed by atoms with E-state index in [1.54, 1.807) is 16.8 Å². The third kappa shape index (κ3) is 2.18. The molecule has 0 N–H and O–H groups in total. The standard InChI is InChI=1S/C13H12FN3/c1-9-6-10(2)17(16-9)8-12-5-3-4-11(7-15)13(12)14/h3-6H,8H2,1-2H3. The lowest BCUT2D eigenvalue weighted by molar-refractivity contribution is 0.576. The SMILES string of the molecule is Cc1cc(C)n(Cc2cccc(C#N)c2F)n1. The number of aromatic nitrogens is 2. The molecule has 0 bridgehead atoms. The van der Waals surface area contributed by atoms with Crippen LogP contribution in [0.2, 0.25) is 0 Å². The van der Waals surface area contributed by atoms with E-state index in [1.807, 2.05) is 26.0 Å². The molecule has 2 aromatic rings. The van der Waals surface area contributed by atoms with E-state index < -0.39 is 5.82 Å². The van der Waals surface area contributed by atoms with Gasteiger partial charge in [0.1, 0.15) is 11.9 Å². The Labute approximate surface area is 99.1 Å². The van der Waals surface area contributed by atoms with E-state index in [9.17, 15) is 4.39 Å². The Morgan fingerprint density at radius 2 is 2.18 bits per heavy atom. The molecule has 1 aromatic heterocycles. The summed E-state index contributed by atoms with van der Waals surface area (Å²) in [5.74, 6) is -0.456. The van der Waals surface area contributed by atoms with Crippen LogP contribution >= 0.6 is 0 Å². The summed E-state index contributed by atoms with van der Waals surface area (Å²) in [6, 6.07) is 8.60. The first kappa shape index (κ1) is 11.3. The van der Waals surface area contributed by atoms with E-state index in [4.69, 9.17) is 5.26 Å². The van der Waals surface area contributed by atoms with Crippen LogP contribution in [0.4, 0.5) is 4.39 Å². The highest BCUT2D eigenvalue weighted by atomic mass is 19.1. The van der Waals surface area contributed by atoms with Crippen LogP contribution in [0.1, 0.15) is 22.5 Å². The molecular weight excluding hydrogens is 217 g/mol. The van der Waals surface area contributed by atoms with Crippen LogP contribution in [-0.4, -0.2) is 9.78 Å². The van der Waals surface area contributed by atoms with Gasteiger partial charge in [0.25, 0.3) is 0 Å². The van der Waals surface area contributed by atoms with Gasteiger partial charge in [0, 0.05) is 11.3 Å². The Hall–Kier alpha value is -2.15. The number of nitriles is 1. The topological polar surface area (TPSA) is 41.6 Å². The van der Waals surface area contributed by atoms with Crippen LogP contribution in [0.25, 0.3) is 0 Å². The molecule has 4 heteroatoms. The molecule has 0 amide bonds. The molecular formula is C13H12FN3. The van der Waals surface area contributed by atoms with Gasteiger partial charge < -0.3 is 0 Å². The second-order valence-corrected chi connectivity index (χ2v) is 3.98. The summed E-state index contributed by atoms with van der Waals surface area (Å²) >= 11 is 0. The van der Waals surface area contributed by atoms with Gasteiger partial charge in [0.05, 0.1) is 17.8 Å². The summed E-state index contributed by atoms with van der Waals surface area (Å²) in [4.78, 5) is 0. The lowest BCUT2D eigenvalue weighted by atomic mass is 10.1. The average molecular weight is 229 g/mol. The van der Waals surface area contributed by atoms with Gasteiger partial charge in [-0.05, 0) is 26.0 Å². The summed E-state index contributed by atoms with van der Waals surface area (Å²) in [6.07, 6.45) is 0. The van der Waals surface area contributed by atoms with Gasteiger partial charge >= 0.3 is 0 Å². The maximum Gasteiger partial charge on any atom is 0.146 e. The second-order valence-electron chi connectivity index (χ2n) is 3.98. The van der Waals surface area contributed by atoms with Crippen molar-refractivity contribution in [2.24, 2.45) is 0 Å². The van der Waals surface area contributed by atoms with Crippen molar-refractivity contribution in [3.05, 3.63) is 52.6 Å². The van der Waals surface area contributed by atoms with Crippen molar-refractivity contribution < 1.29 is 4.39 Å². The number of hydrogen-bond donors (Lipinski definition) is 0. The van der Waals surface area contributed by atoms with Gasteiger partial charge in [-0.3, -0.25) is 4.68 Å². The van der Waals surface area contributed by atoms with E-state index in [-0.39, 0.29) is 5.56 Å². The molecule has 0 saturated heterocycles. The average Bonchev–Trinajstić information content (AvgIpc) is 2.60. The first-order valence-corrected chi connectivity index (χ1v) is 5.30. The van der Waals surface area contributed by atoms with E-state index in [0.717, 1.165) is 11.4 Å². The number of nitrogens with zero attached hydrogens (tertiary/aromatic N) is 3. The van der Waals surface area contributed by atoms with E-state index in [0.29, 0.717) is 12.1 Å². The third-order valence-corrected chi connectivity index (χ3v) is 2.62. The Morgan fingerprint density at radius 3 is 2.76 bits per heavy atom. The highest BCUT2D eigenvalue weighted by molar-refractivity contribution is 5.35. The fourth-order valence-corrected chi connectivity index (χ4v) is 1.78. The molecule has 1 heterocycles. The number of hydrogen-bond acceptors (Lipinski definition) is 2. The van der Waals surface area contributed by atoms with Crippen LogP contribution in [-0.2, 0) is 6.54 Å². The lowest BCUT2D eigenvalue weighted by Gasteiger charge is -2.06. The Morgan fingerprint density at radius 1 is 1.41 bits per heavy atom. The first-order chi connectivity index (χ1) is 8.11. The zero-order chi connectivity index (χ0) is 12.4. The quantitative estimate of drug-likeness (QED) is 0.794. The van der Waals surface area contributed by atoms with Crippen molar-refractivity contribution in [1.29, 1.82) is 5.26 Å². The lowest BCUT2D eigenvalue weighted by Crippen LogP contribution is -2.06. The molecule has 0 spiro atoms. The minimum Gasteiger partial charge on any atom is -0.265 e. The van der Waals surface area contributed by atoms with Crippen molar-refractivity contribution in [1.82, 2.24) is 9.78 Å². The molecule has 1 aromatic carbocycles. The fraction of sp³-hybridized carbons (Fsp3) is 0.231. The minimum absolute atomic E-state index is 0.0732. The Bertz CT molecular complexity index is 593. The van der Waals surface area contributed by atoms with Crippen molar-refractivity contribution in [3.8, 4) is 6.07 Å². The van der Waals surface area contributed by atoms with Gasteiger partial charge in [-0.15, -0.1) is 0 Å². The molecule has 0 aliphatic heterocycles. The minimum atomic E-state index is -0.456. The highest BCUT2D eigenvalue weighted by Crippen LogP contribution is 2.14. The molecule has 0 aliphatic carbocycles. The normalized spacial score (nSPS) is 10.2. The van der Waals surface area contributed by atoms with Gasteiger partial charge in [0.15, 0.2) is 0 Å². The summed E-state index contributed by atoms with van der Waals surface area (Å²) in [5.41, 5.74) is 2.43. The third-order valence-electron chi connectivity index (χ3n) is 2.62. The second kappa shape index (κ2) is 4.38. The highest BCUT2D eigenvalue weighted by Gasteiger charge is 2.09. The maximum absolute atomic E-state index is 13.8. The van der Waals surface area contributed by atoms with Gasteiger partial charge in [-0.2, -0.15) is 10.4 Å². The van der Waals surface area contributed by atoms with Crippen LogP contribution in [0.3, 0.4) is 0 Å². The van der Waals surface area contributed by atoms with E-state index in [2.05, 4.69) is 5.10 Å². The summed E-state index contributed by atoms with van der Waals surface area (Å²) in [5, 5.41) is 13.0. The number of benzene rings is 1. The molecule has 0 radical (unpaired) electrons. The zero-order valence-electron chi connectivity index (χ0n) is 9.74. The summed E-state index contributed by atoms with van der Waals surface area (Å²) in [7, 11) is 0. The van der Waals surface area contributed by atoms with Crippen LogP contribution in [0, 0.1) is 31.0 Å². The monoisotopic (exact) mass is 229 g/mol. The number of aryl methyl sites for hydroxylation is 2. The van der Waals surface area contributed by atoms with Crippen molar-refractivity contribution >= 4 is 0 Å². The van der Waals surface area contributed by atoms with E-state index in [1.165, 1.54) is 6.07 Å². The number of halogens is 1. The Balaban J connectivity index is 2.37. The first-order valence-electron chi connectivity index (χ1n) is 5.30.